The predicted molar refractivity (Wildman–Crippen MR) is 66.3 cm³/mol. The Labute approximate surface area is 97.5 Å². The van der Waals surface area contributed by atoms with Crippen LogP contribution in [-0.2, 0) is 12.8 Å². The lowest BCUT2D eigenvalue weighted by atomic mass is 9.72. The third-order valence-electron chi connectivity index (χ3n) is 3.98. The van der Waals surface area contributed by atoms with Crippen LogP contribution in [0.2, 0.25) is 0 Å². The molecule has 16 heavy (non-hydrogen) atoms. The molecule has 1 aliphatic carbocycles. The van der Waals surface area contributed by atoms with Crippen molar-refractivity contribution >= 4 is 0 Å². The molecule has 0 amide bonds. The summed E-state index contributed by atoms with van der Waals surface area (Å²) in [5.41, 5.74) is 7.86. The summed E-state index contributed by atoms with van der Waals surface area (Å²) < 4.78 is 0. The fraction of sp³-hybridized carbons (Fsp3) is 0.571. The van der Waals surface area contributed by atoms with Gasteiger partial charge in [0.1, 0.15) is 0 Å². The standard InChI is InChI=1S/C14H21NO/c1-2-13(10-15)14(16)8-7-11-5-3-4-6-12(11)9-14/h3-6,13,16H,2,7-10,15H2,1H3. The van der Waals surface area contributed by atoms with Gasteiger partial charge in [0.2, 0.25) is 0 Å². The highest BCUT2D eigenvalue weighted by Gasteiger charge is 2.37. The molecule has 0 bridgehead atoms. The van der Waals surface area contributed by atoms with Gasteiger partial charge in [0.15, 0.2) is 0 Å². The topological polar surface area (TPSA) is 46.2 Å². The van der Waals surface area contributed by atoms with Gasteiger partial charge in [-0.3, -0.25) is 0 Å². The lowest BCUT2D eigenvalue weighted by Crippen LogP contribution is -2.46. The molecule has 0 radical (unpaired) electrons. The van der Waals surface area contributed by atoms with Crippen molar-refractivity contribution in [2.24, 2.45) is 11.7 Å². The molecule has 3 N–H and O–H groups in total. The van der Waals surface area contributed by atoms with Crippen molar-refractivity contribution in [3.63, 3.8) is 0 Å². The number of rotatable bonds is 3. The highest BCUT2D eigenvalue weighted by atomic mass is 16.3. The molecule has 2 nitrogen and oxygen atoms in total. The van der Waals surface area contributed by atoms with E-state index in [2.05, 4.69) is 25.1 Å². The normalized spacial score (nSPS) is 26.2. The maximum atomic E-state index is 10.7. The average molecular weight is 219 g/mol. The Morgan fingerprint density at radius 3 is 2.69 bits per heavy atom. The Balaban J connectivity index is 2.23. The number of aryl methyl sites for hydroxylation is 1. The summed E-state index contributed by atoms with van der Waals surface area (Å²) in [5, 5.41) is 10.7. The smallest absolute Gasteiger partial charge is 0.0731 e. The Morgan fingerprint density at radius 2 is 2.06 bits per heavy atom. The summed E-state index contributed by atoms with van der Waals surface area (Å²) in [5.74, 6) is 0.223. The summed E-state index contributed by atoms with van der Waals surface area (Å²) in [6.45, 7) is 2.69. The molecule has 0 aromatic heterocycles. The second-order valence-corrected chi connectivity index (χ2v) is 4.89. The molecule has 0 heterocycles. The van der Waals surface area contributed by atoms with Crippen LogP contribution in [0.4, 0.5) is 0 Å². The van der Waals surface area contributed by atoms with Crippen LogP contribution in [0.25, 0.3) is 0 Å². The average Bonchev–Trinajstić information content (AvgIpc) is 2.30. The lowest BCUT2D eigenvalue weighted by Gasteiger charge is -2.39. The first-order valence-electron chi connectivity index (χ1n) is 6.19. The number of aliphatic hydroxyl groups is 1. The Hall–Kier alpha value is -0.860. The first-order chi connectivity index (χ1) is 7.69. The van der Waals surface area contributed by atoms with Gasteiger partial charge in [-0.1, -0.05) is 31.2 Å². The quantitative estimate of drug-likeness (QED) is 0.815. The number of hydrogen-bond donors (Lipinski definition) is 2. The first-order valence-corrected chi connectivity index (χ1v) is 6.19. The van der Waals surface area contributed by atoms with E-state index in [0.717, 1.165) is 25.7 Å². The molecule has 1 aromatic rings. The Bertz CT molecular complexity index is 360. The van der Waals surface area contributed by atoms with Crippen molar-refractivity contribution < 1.29 is 5.11 Å². The van der Waals surface area contributed by atoms with Crippen LogP contribution in [-0.4, -0.2) is 17.3 Å². The third-order valence-corrected chi connectivity index (χ3v) is 3.98. The third kappa shape index (κ3) is 2.00. The van der Waals surface area contributed by atoms with E-state index in [4.69, 9.17) is 5.73 Å². The minimum absolute atomic E-state index is 0.223. The molecule has 2 atom stereocenters. The minimum atomic E-state index is -0.585. The zero-order valence-electron chi connectivity index (χ0n) is 9.95. The van der Waals surface area contributed by atoms with Gasteiger partial charge in [-0.05, 0) is 42.9 Å². The van der Waals surface area contributed by atoms with Gasteiger partial charge in [0.05, 0.1) is 5.60 Å². The van der Waals surface area contributed by atoms with Crippen molar-refractivity contribution in [1.29, 1.82) is 0 Å². The zero-order valence-corrected chi connectivity index (χ0v) is 9.95. The fourth-order valence-electron chi connectivity index (χ4n) is 2.86. The zero-order chi connectivity index (χ0) is 11.6. The summed E-state index contributed by atoms with van der Waals surface area (Å²) in [7, 11) is 0. The van der Waals surface area contributed by atoms with Crippen LogP contribution >= 0.6 is 0 Å². The molecule has 2 heteroatoms. The number of hydrogen-bond acceptors (Lipinski definition) is 2. The van der Waals surface area contributed by atoms with Crippen LogP contribution in [0.5, 0.6) is 0 Å². The van der Waals surface area contributed by atoms with E-state index in [0.29, 0.717) is 6.54 Å². The first kappa shape index (κ1) is 11.6. The van der Waals surface area contributed by atoms with Crippen LogP contribution in [0.15, 0.2) is 24.3 Å². The van der Waals surface area contributed by atoms with E-state index in [1.54, 1.807) is 0 Å². The monoisotopic (exact) mass is 219 g/mol. The SMILES string of the molecule is CCC(CN)C1(O)CCc2ccccc2C1. The maximum Gasteiger partial charge on any atom is 0.0731 e. The van der Waals surface area contributed by atoms with E-state index in [1.807, 2.05) is 6.07 Å². The predicted octanol–water partition coefficient (Wildman–Crippen LogP) is 1.89. The second-order valence-electron chi connectivity index (χ2n) is 4.89. The van der Waals surface area contributed by atoms with Crippen molar-refractivity contribution in [2.75, 3.05) is 6.54 Å². The lowest BCUT2D eigenvalue weighted by molar-refractivity contribution is -0.0287. The number of fused-ring (bicyclic) bond motifs is 1. The van der Waals surface area contributed by atoms with Gasteiger partial charge >= 0.3 is 0 Å². The van der Waals surface area contributed by atoms with Crippen LogP contribution in [0.3, 0.4) is 0 Å². The fourth-order valence-corrected chi connectivity index (χ4v) is 2.86. The van der Waals surface area contributed by atoms with Crippen molar-refractivity contribution in [3.05, 3.63) is 35.4 Å². The number of nitrogens with two attached hydrogens (primary N) is 1. The van der Waals surface area contributed by atoms with Gasteiger partial charge in [-0.25, -0.2) is 0 Å². The molecule has 1 aliphatic rings. The van der Waals surface area contributed by atoms with E-state index in [1.165, 1.54) is 11.1 Å². The molecular formula is C14H21NO. The van der Waals surface area contributed by atoms with E-state index >= 15 is 0 Å². The second kappa shape index (κ2) is 4.56. The van der Waals surface area contributed by atoms with Crippen LogP contribution in [0, 0.1) is 5.92 Å². The summed E-state index contributed by atoms with van der Waals surface area (Å²) >= 11 is 0. The van der Waals surface area contributed by atoms with E-state index < -0.39 is 5.60 Å². The van der Waals surface area contributed by atoms with Gasteiger partial charge in [-0.15, -0.1) is 0 Å². The summed E-state index contributed by atoms with van der Waals surface area (Å²) in [6.07, 6.45) is 3.54. The molecule has 0 aliphatic heterocycles. The summed E-state index contributed by atoms with van der Waals surface area (Å²) in [6, 6.07) is 8.42. The van der Waals surface area contributed by atoms with Gasteiger partial charge in [-0.2, -0.15) is 0 Å². The Kier molecular flexibility index (Phi) is 3.31. The Morgan fingerprint density at radius 1 is 1.38 bits per heavy atom. The maximum absolute atomic E-state index is 10.7. The molecule has 0 spiro atoms. The molecule has 88 valence electrons. The molecule has 2 unspecified atom stereocenters. The highest BCUT2D eigenvalue weighted by Crippen LogP contribution is 2.34. The summed E-state index contributed by atoms with van der Waals surface area (Å²) in [4.78, 5) is 0. The van der Waals surface area contributed by atoms with Gasteiger partial charge < -0.3 is 10.8 Å². The number of benzene rings is 1. The minimum Gasteiger partial charge on any atom is -0.389 e. The van der Waals surface area contributed by atoms with Crippen LogP contribution in [0.1, 0.15) is 30.9 Å². The van der Waals surface area contributed by atoms with Gasteiger partial charge in [0.25, 0.3) is 0 Å². The van der Waals surface area contributed by atoms with Gasteiger partial charge in [0, 0.05) is 6.42 Å². The molecule has 0 fully saturated rings. The molecule has 2 rings (SSSR count). The molecule has 0 saturated carbocycles. The van der Waals surface area contributed by atoms with Crippen molar-refractivity contribution in [1.82, 2.24) is 0 Å². The van der Waals surface area contributed by atoms with Crippen LogP contribution < -0.4 is 5.73 Å². The molecule has 0 saturated heterocycles. The van der Waals surface area contributed by atoms with E-state index in [-0.39, 0.29) is 5.92 Å². The van der Waals surface area contributed by atoms with E-state index in [9.17, 15) is 5.11 Å². The van der Waals surface area contributed by atoms with Crippen molar-refractivity contribution in [3.8, 4) is 0 Å². The highest BCUT2D eigenvalue weighted by molar-refractivity contribution is 5.31. The molecular weight excluding hydrogens is 198 g/mol. The molecule has 1 aromatic carbocycles. The van der Waals surface area contributed by atoms with Crippen molar-refractivity contribution in [2.45, 2.75) is 38.2 Å². The largest absolute Gasteiger partial charge is 0.389 e.